The first-order valence-electron chi connectivity index (χ1n) is 5.97. The maximum absolute atomic E-state index is 5.75. The number of benzene rings is 1. The molecule has 1 aromatic rings. The Kier molecular flexibility index (Phi) is 6.62. The van der Waals surface area contributed by atoms with Crippen molar-refractivity contribution < 1.29 is 9.47 Å². The summed E-state index contributed by atoms with van der Waals surface area (Å²) in [4.78, 5) is 0. The zero-order chi connectivity index (χ0) is 12.5. The van der Waals surface area contributed by atoms with Crippen LogP contribution in [0.15, 0.2) is 24.3 Å². The SMILES string of the molecule is CCOc1ccc(C(CN)NCCOC)cc1. The van der Waals surface area contributed by atoms with Crippen molar-refractivity contribution in [2.45, 2.75) is 13.0 Å². The van der Waals surface area contributed by atoms with Gasteiger partial charge >= 0.3 is 0 Å². The van der Waals surface area contributed by atoms with Crippen LogP contribution in [-0.4, -0.2) is 33.4 Å². The lowest BCUT2D eigenvalue weighted by molar-refractivity contribution is 0.196. The molecule has 1 rings (SSSR count). The molecule has 1 atom stereocenters. The molecule has 1 unspecified atom stereocenters. The molecule has 1 aromatic carbocycles. The van der Waals surface area contributed by atoms with Gasteiger partial charge in [-0.15, -0.1) is 0 Å². The number of hydrogen-bond acceptors (Lipinski definition) is 4. The molecular weight excluding hydrogens is 216 g/mol. The summed E-state index contributed by atoms with van der Waals surface area (Å²) in [5.74, 6) is 0.893. The highest BCUT2D eigenvalue weighted by Gasteiger charge is 2.08. The Bertz CT molecular complexity index is 301. The van der Waals surface area contributed by atoms with Crippen LogP contribution in [0.3, 0.4) is 0 Å². The van der Waals surface area contributed by atoms with Crippen LogP contribution in [0.5, 0.6) is 5.75 Å². The second-order valence-electron chi connectivity index (χ2n) is 3.74. The molecule has 0 aromatic heterocycles. The van der Waals surface area contributed by atoms with E-state index in [-0.39, 0.29) is 6.04 Å². The number of rotatable bonds is 8. The van der Waals surface area contributed by atoms with Crippen LogP contribution in [0.1, 0.15) is 18.5 Å². The summed E-state index contributed by atoms with van der Waals surface area (Å²) in [5, 5.41) is 3.35. The number of nitrogens with one attached hydrogen (secondary N) is 1. The fourth-order valence-corrected chi connectivity index (χ4v) is 1.64. The summed E-state index contributed by atoms with van der Waals surface area (Å²) >= 11 is 0. The minimum atomic E-state index is 0.167. The van der Waals surface area contributed by atoms with Crippen LogP contribution < -0.4 is 15.8 Å². The Hall–Kier alpha value is -1.10. The van der Waals surface area contributed by atoms with Crippen molar-refractivity contribution in [3.63, 3.8) is 0 Å². The normalized spacial score (nSPS) is 12.4. The van der Waals surface area contributed by atoms with E-state index in [0.29, 0.717) is 19.8 Å². The number of ether oxygens (including phenoxy) is 2. The molecular formula is C13H22N2O2. The first-order chi connectivity index (χ1) is 8.31. The van der Waals surface area contributed by atoms with E-state index in [4.69, 9.17) is 15.2 Å². The molecule has 0 spiro atoms. The van der Waals surface area contributed by atoms with Crippen molar-refractivity contribution in [2.24, 2.45) is 5.73 Å². The maximum Gasteiger partial charge on any atom is 0.119 e. The molecule has 0 saturated heterocycles. The lowest BCUT2D eigenvalue weighted by Gasteiger charge is -2.17. The molecule has 0 heterocycles. The molecule has 0 aliphatic carbocycles. The quantitative estimate of drug-likeness (QED) is 0.671. The number of methoxy groups -OCH3 is 1. The van der Waals surface area contributed by atoms with Gasteiger partial charge in [-0.3, -0.25) is 0 Å². The highest BCUT2D eigenvalue weighted by atomic mass is 16.5. The molecule has 0 amide bonds. The summed E-state index contributed by atoms with van der Waals surface area (Å²) in [6, 6.07) is 8.20. The van der Waals surface area contributed by atoms with Gasteiger partial charge < -0.3 is 20.5 Å². The van der Waals surface area contributed by atoms with Crippen LogP contribution >= 0.6 is 0 Å². The first kappa shape index (κ1) is 14.0. The summed E-state index contributed by atoms with van der Waals surface area (Å²) in [7, 11) is 1.69. The van der Waals surface area contributed by atoms with Crippen LogP contribution in [0.2, 0.25) is 0 Å². The van der Waals surface area contributed by atoms with E-state index >= 15 is 0 Å². The number of nitrogens with two attached hydrogens (primary N) is 1. The molecule has 3 N–H and O–H groups in total. The van der Waals surface area contributed by atoms with Gasteiger partial charge in [-0.05, 0) is 24.6 Å². The van der Waals surface area contributed by atoms with E-state index in [2.05, 4.69) is 5.32 Å². The van der Waals surface area contributed by atoms with Gasteiger partial charge in [-0.25, -0.2) is 0 Å². The largest absolute Gasteiger partial charge is 0.494 e. The zero-order valence-corrected chi connectivity index (χ0v) is 10.6. The third-order valence-electron chi connectivity index (χ3n) is 2.53. The maximum atomic E-state index is 5.75. The van der Waals surface area contributed by atoms with E-state index < -0.39 is 0 Å². The highest BCUT2D eigenvalue weighted by molar-refractivity contribution is 5.29. The molecule has 0 bridgehead atoms. The molecule has 0 aliphatic heterocycles. The molecule has 17 heavy (non-hydrogen) atoms. The second-order valence-corrected chi connectivity index (χ2v) is 3.74. The van der Waals surface area contributed by atoms with Crippen molar-refractivity contribution in [3.8, 4) is 5.75 Å². The molecule has 4 nitrogen and oxygen atoms in total. The fourth-order valence-electron chi connectivity index (χ4n) is 1.64. The molecule has 96 valence electrons. The van der Waals surface area contributed by atoms with Crippen molar-refractivity contribution >= 4 is 0 Å². The third-order valence-corrected chi connectivity index (χ3v) is 2.53. The molecule has 4 heteroatoms. The van der Waals surface area contributed by atoms with Crippen molar-refractivity contribution in [1.29, 1.82) is 0 Å². The van der Waals surface area contributed by atoms with Gasteiger partial charge in [0.15, 0.2) is 0 Å². The topological polar surface area (TPSA) is 56.5 Å². The Morgan fingerprint density at radius 3 is 2.53 bits per heavy atom. The van der Waals surface area contributed by atoms with Gasteiger partial charge in [0.2, 0.25) is 0 Å². The van der Waals surface area contributed by atoms with E-state index in [1.807, 2.05) is 31.2 Å². The van der Waals surface area contributed by atoms with Gasteiger partial charge in [0, 0.05) is 26.2 Å². The van der Waals surface area contributed by atoms with Crippen molar-refractivity contribution in [3.05, 3.63) is 29.8 Å². The fraction of sp³-hybridized carbons (Fsp3) is 0.538. The van der Waals surface area contributed by atoms with E-state index in [1.54, 1.807) is 7.11 Å². The monoisotopic (exact) mass is 238 g/mol. The smallest absolute Gasteiger partial charge is 0.119 e. The zero-order valence-electron chi connectivity index (χ0n) is 10.6. The van der Waals surface area contributed by atoms with Crippen molar-refractivity contribution in [1.82, 2.24) is 5.32 Å². The predicted molar refractivity (Wildman–Crippen MR) is 69.3 cm³/mol. The van der Waals surface area contributed by atoms with E-state index in [1.165, 1.54) is 5.56 Å². The average molecular weight is 238 g/mol. The third kappa shape index (κ3) is 4.73. The number of hydrogen-bond donors (Lipinski definition) is 2. The second kappa shape index (κ2) is 8.06. The van der Waals surface area contributed by atoms with Crippen molar-refractivity contribution in [2.75, 3.05) is 33.4 Å². The highest BCUT2D eigenvalue weighted by Crippen LogP contribution is 2.17. The Morgan fingerprint density at radius 2 is 2.00 bits per heavy atom. The Morgan fingerprint density at radius 1 is 1.29 bits per heavy atom. The van der Waals surface area contributed by atoms with Gasteiger partial charge in [0.25, 0.3) is 0 Å². The molecule has 0 radical (unpaired) electrons. The van der Waals surface area contributed by atoms with Gasteiger partial charge in [0.05, 0.1) is 13.2 Å². The lowest BCUT2D eigenvalue weighted by atomic mass is 10.1. The molecule has 0 aliphatic rings. The minimum Gasteiger partial charge on any atom is -0.494 e. The summed E-state index contributed by atoms with van der Waals surface area (Å²) < 4.78 is 10.4. The Labute approximate surface area is 103 Å². The standard InChI is InChI=1S/C13H22N2O2/c1-3-17-12-6-4-11(5-7-12)13(10-14)15-8-9-16-2/h4-7,13,15H,3,8-10,14H2,1-2H3. The summed E-state index contributed by atoms with van der Waals surface area (Å²) in [6.07, 6.45) is 0. The van der Waals surface area contributed by atoms with Crippen LogP contribution in [-0.2, 0) is 4.74 Å². The average Bonchev–Trinajstić information content (AvgIpc) is 2.36. The first-order valence-corrected chi connectivity index (χ1v) is 5.97. The van der Waals surface area contributed by atoms with Gasteiger partial charge in [-0.2, -0.15) is 0 Å². The lowest BCUT2D eigenvalue weighted by Crippen LogP contribution is -2.30. The van der Waals surface area contributed by atoms with E-state index in [9.17, 15) is 0 Å². The molecule has 0 saturated carbocycles. The predicted octanol–water partition coefficient (Wildman–Crippen LogP) is 1.32. The van der Waals surface area contributed by atoms with Crippen LogP contribution in [0, 0.1) is 0 Å². The van der Waals surface area contributed by atoms with Crippen LogP contribution in [0.25, 0.3) is 0 Å². The summed E-state index contributed by atoms with van der Waals surface area (Å²) in [5.41, 5.74) is 6.92. The summed E-state index contributed by atoms with van der Waals surface area (Å²) in [6.45, 7) is 4.71. The Balaban J connectivity index is 2.55. The van der Waals surface area contributed by atoms with E-state index in [0.717, 1.165) is 12.3 Å². The minimum absolute atomic E-state index is 0.167. The van der Waals surface area contributed by atoms with Crippen LogP contribution in [0.4, 0.5) is 0 Å². The van der Waals surface area contributed by atoms with Gasteiger partial charge in [-0.1, -0.05) is 12.1 Å². The molecule has 0 fully saturated rings. The van der Waals surface area contributed by atoms with Gasteiger partial charge in [0.1, 0.15) is 5.75 Å².